The topological polar surface area (TPSA) is 96.0 Å². The quantitative estimate of drug-likeness (QED) is 0.382. The Bertz CT molecular complexity index is 1200. The summed E-state index contributed by atoms with van der Waals surface area (Å²) in [4.78, 5) is 29.3. The molecule has 1 aromatic rings. The van der Waals surface area contributed by atoms with E-state index >= 15 is 0 Å². The zero-order chi connectivity index (χ0) is 29.9. The predicted molar refractivity (Wildman–Crippen MR) is 132 cm³/mol. The molecule has 0 aliphatic carbocycles. The highest BCUT2D eigenvalue weighted by Gasteiger charge is 2.42. The smallest absolute Gasteiger partial charge is 0.352 e. The van der Waals surface area contributed by atoms with Crippen LogP contribution in [0, 0.1) is 11.3 Å². The molecule has 2 aliphatic heterocycles. The van der Waals surface area contributed by atoms with Crippen molar-refractivity contribution in [1.82, 2.24) is 15.1 Å². The molecule has 2 fully saturated rings. The van der Waals surface area contributed by atoms with Gasteiger partial charge in [0.05, 0.1) is 36.2 Å². The number of nitrogens with zero attached hydrogens (tertiary/aromatic N) is 2. The number of morpholine rings is 1. The van der Waals surface area contributed by atoms with Gasteiger partial charge in [-0.3, -0.25) is 14.5 Å². The monoisotopic (exact) mass is 599 g/mol. The first-order chi connectivity index (χ1) is 18.5. The van der Waals surface area contributed by atoms with E-state index in [0.717, 1.165) is 0 Å². The van der Waals surface area contributed by atoms with Crippen LogP contribution >= 0.6 is 0 Å². The number of rotatable bonds is 7. The highest BCUT2D eigenvalue weighted by molar-refractivity contribution is 7.72. The highest BCUT2D eigenvalue weighted by atomic mass is 32.2. The summed E-state index contributed by atoms with van der Waals surface area (Å²) < 4.78 is 107. The summed E-state index contributed by atoms with van der Waals surface area (Å²) in [5.41, 5.74) is -4.14. The van der Waals surface area contributed by atoms with Gasteiger partial charge in [-0.1, -0.05) is 13.8 Å². The minimum Gasteiger partial charge on any atom is -0.352 e. The van der Waals surface area contributed by atoms with E-state index in [1.54, 1.807) is 0 Å². The molecule has 3 rings (SSSR count). The Balaban J connectivity index is 1.68. The first-order valence-corrected chi connectivity index (χ1v) is 13.7. The van der Waals surface area contributed by atoms with Gasteiger partial charge in [0.15, 0.2) is 5.05 Å². The standard InChI is InChI=1S/C25H31F6N3O5S/c1-16(2)12-23(3-5-33(6-4-23)14-20(35)34-7-8-39-21(15-34)40(37)38)22(36)32-13-17-9-18(24(26,27)28)11-19(10-17)25(29,30)31/h9-11,16H,3-8,12-15H2,1-2H3,(H,32,36). The van der Waals surface area contributed by atoms with Crippen LogP contribution in [0.25, 0.3) is 0 Å². The summed E-state index contributed by atoms with van der Waals surface area (Å²) in [5, 5.41) is 2.34. The van der Waals surface area contributed by atoms with Crippen LogP contribution in [0.1, 0.15) is 49.8 Å². The van der Waals surface area contributed by atoms with E-state index in [1.165, 1.54) is 4.90 Å². The molecule has 1 aromatic carbocycles. The third kappa shape index (κ3) is 8.19. The molecule has 2 amide bonds. The molecule has 0 spiro atoms. The fourth-order valence-electron chi connectivity index (χ4n) is 5.09. The predicted octanol–water partition coefficient (Wildman–Crippen LogP) is 3.34. The number of ether oxygens (including phenoxy) is 1. The molecule has 15 heteroatoms. The Hall–Kier alpha value is -2.65. The first-order valence-electron chi connectivity index (χ1n) is 12.6. The van der Waals surface area contributed by atoms with Gasteiger partial charge < -0.3 is 15.0 Å². The number of likely N-dealkylation sites (tertiary alicyclic amines) is 1. The van der Waals surface area contributed by atoms with Gasteiger partial charge in [0.2, 0.25) is 22.1 Å². The Morgan fingerprint density at radius 1 is 1.00 bits per heavy atom. The average molecular weight is 600 g/mol. The first kappa shape index (κ1) is 31.9. The minimum absolute atomic E-state index is 0.00258. The van der Waals surface area contributed by atoms with E-state index in [9.17, 15) is 44.3 Å². The number of hydrogen-bond acceptors (Lipinski definition) is 6. The molecule has 0 saturated carbocycles. The Labute approximate surface area is 229 Å². The van der Waals surface area contributed by atoms with Gasteiger partial charge >= 0.3 is 12.4 Å². The fraction of sp³-hybridized carbons (Fsp3) is 0.640. The van der Waals surface area contributed by atoms with Crippen LogP contribution in [0.15, 0.2) is 18.2 Å². The molecule has 0 aromatic heterocycles. The number of benzene rings is 1. The third-order valence-corrected chi connectivity index (χ3v) is 7.65. The SMILES string of the molecule is CC(C)CC1(C(=O)NCc2cc(C(F)(F)F)cc(C(F)(F)F)c2)CCN(CC(=O)N2CCOC(=S(=O)=O)C2)CC1. The molecule has 0 unspecified atom stereocenters. The molecule has 2 aliphatic rings. The van der Waals surface area contributed by atoms with Crippen molar-refractivity contribution in [2.45, 2.75) is 52.0 Å². The summed E-state index contributed by atoms with van der Waals surface area (Å²) >= 11 is 0. The molecular weight excluding hydrogens is 568 g/mol. The number of hydrogen-bond donors (Lipinski definition) is 1. The molecule has 8 nitrogen and oxygen atoms in total. The Kier molecular flexibility index (Phi) is 9.94. The lowest BCUT2D eigenvalue weighted by Gasteiger charge is -2.42. The van der Waals surface area contributed by atoms with Gasteiger partial charge in [0, 0.05) is 13.1 Å². The molecule has 2 heterocycles. The van der Waals surface area contributed by atoms with Crippen LogP contribution in [0.4, 0.5) is 26.3 Å². The zero-order valence-corrected chi connectivity index (χ0v) is 22.8. The van der Waals surface area contributed by atoms with Gasteiger partial charge in [0.25, 0.3) is 0 Å². The summed E-state index contributed by atoms with van der Waals surface area (Å²) in [7, 11) is -2.56. The van der Waals surface area contributed by atoms with Crippen molar-refractivity contribution in [1.29, 1.82) is 0 Å². The number of piperidine rings is 1. The minimum atomic E-state index is -4.99. The van der Waals surface area contributed by atoms with Crippen LogP contribution in [0.2, 0.25) is 0 Å². The fourth-order valence-corrected chi connectivity index (χ4v) is 5.53. The normalized spacial score (nSPS) is 18.6. The summed E-state index contributed by atoms with van der Waals surface area (Å²) in [6.45, 7) is 4.13. The van der Waals surface area contributed by atoms with Crippen LogP contribution in [-0.4, -0.2) is 74.4 Å². The van der Waals surface area contributed by atoms with Crippen molar-refractivity contribution in [2.75, 3.05) is 39.3 Å². The Morgan fingerprint density at radius 2 is 1.57 bits per heavy atom. The van der Waals surface area contributed by atoms with Crippen molar-refractivity contribution in [3.8, 4) is 0 Å². The molecule has 0 radical (unpaired) electrons. The third-order valence-electron chi connectivity index (χ3n) is 7.04. The highest BCUT2D eigenvalue weighted by Crippen LogP contribution is 2.39. The number of carbonyl (C=O) groups is 2. The van der Waals surface area contributed by atoms with Gasteiger partial charge in [-0.25, -0.2) is 0 Å². The maximum Gasteiger partial charge on any atom is 0.416 e. The van der Waals surface area contributed by atoms with Gasteiger partial charge in [0.1, 0.15) is 0 Å². The molecule has 1 N–H and O–H groups in total. The van der Waals surface area contributed by atoms with Crippen molar-refractivity contribution in [3.63, 3.8) is 0 Å². The van der Waals surface area contributed by atoms with Crippen molar-refractivity contribution < 1.29 is 49.1 Å². The summed E-state index contributed by atoms with van der Waals surface area (Å²) in [5.74, 6) is -0.694. The van der Waals surface area contributed by atoms with Crippen LogP contribution in [-0.2, 0) is 43.5 Å². The second-order valence-corrected chi connectivity index (χ2v) is 11.4. The van der Waals surface area contributed by atoms with E-state index in [1.807, 2.05) is 18.7 Å². The second kappa shape index (κ2) is 12.5. The van der Waals surface area contributed by atoms with Crippen LogP contribution in [0.5, 0.6) is 0 Å². The van der Waals surface area contributed by atoms with E-state index < -0.39 is 51.6 Å². The summed E-state index contributed by atoms with van der Waals surface area (Å²) in [6, 6.07) is 1.23. The van der Waals surface area contributed by atoms with E-state index in [4.69, 9.17) is 4.74 Å². The van der Waals surface area contributed by atoms with Crippen molar-refractivity contribution >= 4 is 27.2 Å². The van der Waals surface area contributed by atoms with Crippen molar-refractivity contribution in [2.24, 2.45) is 11.3 Å². The Morgan fingerprint density at radius 3 is 2.08 bits per heavy atom. The number of nitrogens with one attached hydrogen (secondary N) is 1. The van der Waals surface area contributed by atoms with E-state index in [-0.39, 0.29) is 54.7 Å². The van der Waals surface area contributed by atoms with E-state index in [0.29, 0.717) is 44.5 Å². The maximum absolute atomic E-state index is 13.3. The summed E-state index contributed by atoms with van der Waals surface area (Å²) in [6.07, 6.45) is -8.89. The lowest BCUT2D eigenvalue weighted by atomic mass is 9.72. The van der Waals surface area contributed by atoms with E-state index in [2.05, 4.69) is 5.32 Å². The molecule has 40 heavy (non-hydrogen) atoms. The number of carbonyl (C=O) groups excluding carboxylic acids is 2. The molecule has 0 bridgehead atoms. The van der Waals surface area contributed by atoms with Gasteiger partial charge in [-0.05, 0) is 62.0 Å². The molecule has 2 saturated heterocycles. The van der Waals surface area contributed by atoms with Gasteiger partial charge in [-0.2, -0.15) is 34.8 Å². The van der Waals surface area contributed by atoms with Crippen molar-refractivity contribution in [3.05, 3.63) is 34.9 Å². The molecule has 0 atom stereocenters. The van der Waals surface area contributed by atoms with Gasteiger partial charge in [-0.15, -0.1) is 0 Å². The molecular formula is C25H31F6N3O5S. The number of halogens is 6. The zero-order valence-electron chi connectivity index (χ0n) is 22.0. The van der Waals surface area contributed by atoms with Crippen LogP contribution < -0.4 is 5.32 Å². The lowest BCUT2D eigenvalue weighted by Crippen LogP contribution is -2.52. The largest absolute Gasteiger partial charge is 0.416 e. The number of amides is 2. The number of alkyl halides is 6. The molecule has 224 valence electrons. The van der Waals surface area contributed by atoms with Crippen LogP contribution in [0.3, 0.4) is 0 Å². The maximum atomic E-state index is 13.3. The lowest BCUT2D eigenvalue weighted by molar-refractivity contribution is -0.143. The second-order valence-electron chi connectivity index (χ2n) is 10.5. The average Bonchev–Trinajstić information content (AvgIpc) is 2.87.